The standard InChI is InChI=1S/C84H105Cl2N11O24/c1-6-7-8-9-10-11-18-89-83(115)91-59(102)32-51-76(109)93-64-44-28-56(117-54-16-13-40(26-48(54)85)68(103)66(80(113)90-51)96-75(108)50(87)19-35(2)3)72(121-82-73(71(106)70(105)58(34-98)119-82)120-60-33-84(5,88)74(107)36(4)116-60)57(29-44)118-55-17-14-41(27-49(55)86)69(104)67-81(114)95-65(79(112)92-62-42-21-37-20-38(23-42)24-43(62)22-37)47-30-45(99)31-53(101)61(47)46-25-39(12-15-52(46)100)63(77(110)97-67)94-78(64)111/h12-17,25-31,35-38,42-43,50-51,58,60,62-71,73-74,82,98-101,103-107H,6-11,18-24,32-34,87-88H2,1-5H3,(H,90,113)(H,92,112)(H,93,109)(H,94,111)(H,95,114)(H,96,108)(H,97,110)(H2,89,91,102,115)/t36-,37?,38?,42?,43?,50+,51?,58+,60?,62?,63+,64?,65+,66?,67-,68+,69+,70+,71-,73+,74+,82+,84-/m0/s1. The van der Waals surface area contributed by atoms with Gasteiger partial charge in [0.2, 0.25) is 59.3 Å². The minimum absolute atomic E-state index is 0.0544. The van der Waals surface area contributed by atoms with Crippen LogP contribution in [-0.4, -0.2) is 197 Å². The highest BCUT2D eigenvalue weighted by atomic mass is 35.5. The van der Waals surface area contributed by atoms with Gasteiger partial charge in [0, 0.05) is 41.7 Å². The Morgan fingerprint density at radius 2 is 1.27 bits per heavy atom. The molecule has 4 saturated carbocycles. The van der Waals surface area contributed by atoms with Crippen molar-refractivity contribution in [2.75, 3.05) is 13.2 Å². The number of imide groups is 1. The van der Waals surface area contributed by atoms with Crippen molar-refractivity contribution >= 4 is 76.5 Å². The summed E-state index contributed by atoms with van der Waals surface area (Å²) < 4.78 is 39.0. The SMILES string of the molecule is CCCCCCCCNC(=O)NC(=O)CC1NC(=O)C(NC(=O)[C@H](N)CC(C)C)[C@H](O)c2ccc(c(Cl)c2)Oc2cc3cc(c2O[C@H]2O[C@H](CO)[C@@H](O)[C@H](O)[C@H]2OC2C[C@](C)(N)[C@H](O)[C@H](C)O2)Oc2ccc(cc2Cl)[C@@H](O)[C@@H]2NC(=O)[C@H](NC(=O)C3NC1=O)c1ccc(O)c(c1)-c1c(O)cc(O)cc1[C@H](C(=O)NC1C3CC4CC(C3)CC1C4)NC2=O. The van der Waals surface area contributed by atoms with Crippen LogP contribution in [-0.2, 0) is 52.6 Å². The molecule has 0 aromatic heterocycles. The Labute approximate surface area is 706 Å². The molecular weight excluding hydrogens is 1620 g/mol. The summed E-state index contributed by atoms with van der Waals surface area (Å²) in [7, 11) is 0. The Morgan fingerprint density at radius 1 is 0.661 bits per heavy atom. The fraction of sp³-hybridized carbons (Fsp3) is 0.536. The summed E-state index contributed by atoms with van der Waals surface area (Å²) in [5.41, 5.74) is 9.30. The minimum atomic E-state index is -2.40. The maximum atomic E-state index is 16.6. The maximum absolute atomic E-state index is 16.6. The van der Waals surface area contributed by atoms with Crippen LogP contribution in [0.15, 0.2) is 78.9 Å². The van der Waals surface area contributed by atoms with E-state index in [1.807, 2.05) is 0 Å². The molecule has 0 radical (unpaired) electrons. The Morgan fingerprint density at radius 3 is 1.90 bits per heavy atom. The van der Waals surface area contributed by atoms with Gasteiger partial charge in [0.1, 0.15) is 95.5 Å². The number of rotatable bonds is 20. The molecule has 35 nitrogen and oxygen atoms in total. The number of aliphatic hydroxyl groups is 6. The van der Waals surface area contributed by atoms with Crippen molar-refractivity contribution in [2.45, 2.75) is 240 Å². The highest BCUT2D eigenvalue weighted by Gasteiger charge is 2.53. The summed E-state index contributed by atoms with van der Waals surface area (Å²) in [4.78, 5) is 137. The van der Waals surface area contributed by atoms with Gasteiger partial charge in [0.25, 0.3) is 0 Å². The van der Waals surface area contributed by atoms with Crippen LogP contribution in [0.5, 0.6) is 46.0 Å². The van der Waals surface area contributed by atoms with E-state index in [9.17, 15) is 60.3 Å². The number of urea groups is 1. The molecule has 6 fully saturated rings. The van der Waals surface area contributed by atoms with E-state index in [2.05, 4.69) is 54.8 Å². The summed E-state index contributed by atoms with van der Waals surface area (Å²) in [6, 6.07) is -1.42. The largest absolute Gasteiger partial charge is 0.508 e. The van der Waals surface area contributed by atoms with Crippen molar-refractivity contribution in [2.24, 2.45) is 41.1 Å². The predicted octanol–water partition coefficient (Wildman–Crippen LogP) is 4.40. The Hall–Kier alpha value is -9.73. The van der Waals surface area contributed by atoms with E-state index in [0.29, 0.717) is 18.3 Å². The van der Waals surface area contributed by atoms with Gasteiger partial charge in [0.15, 0.2) is 23.9 Å². The number of aromatic hydroxyl groups is 3. The van der Waals surface area contributed by atoms with E-state index in [0.717, 1.165) is 119 Å². The number of nitrogens with one attached hydrogen (secondary N) is 9. The lowest BCUT2D eigenvalue weighted by Gasteiger charge is -2.54. The van der Waals surface area contributed by atoms with E-state index in [1.54, 1.807) is 13.8 Å². The second-order valence-electron chi connectivity index (χ2n) is 33.7. The third-order valence-electron chi connectivity index (χ3n) is 24.1. The molecule has 22 N–H and O–H groups in total. The molecule has 11 aliphatic rings. The summed E-state index contributed by atoms with van der Waals surface area (Å²) in [5.74, 6) is -13.8. The third-order valence-corrected chi connectivity index (χ3v) is 24.7. The lowest BCUT2D eigenvalue weighted by Crippen LogP contribution is -2.64. The number of benzene rings is 5. The highest BCUT2D eigenvalue weighted by Crippen LogP contribution is 2.55. The van der Waals surface area contributed by atoms with Gasteiger partial charge in [-0.05, 0) is 171 Å². The van der Waals surface area contributed by atoms with Crippen LogP contribution in [0.25, 0.3) is 11.1 Å². The van der Waals surface area contributed by atoms with Gasteiger partial charge in [-0.3, -0.25) is 43.7 Å². The van der Waals surface area contributed by atoms with Gasteiger partial charge in [-0.15, -0.1) is 0 Å². The van der Waals surface area contributed by atoms with Crippen LogP contribution in [0.4, 0.5) is 4.79 Å². The topological polar surface area (TPSA) is 551 Å². The van der Waals surface area contributed by atoms with Crippen LogP contribution in [0.2, 0.25) is 10.0 Å². The number of aliphatic hydroxyl groups excluding tert-OH is 6. The number of halogens is 2. The summed E-state index contributed by atoms with van der Waals surface area (Å²) in [6.07, 6.45) is -9.51. The normalized spacial score (nSPS) is 31.0. The Balaban J connectivity index is 1.00. The number of unbranched alkanes of at least 4 members (excludes halogenated alkanes) is 5. The van der Waals surface area contributed by atoms with Gasteiger partial charge in [-0.1, -0.05) is 94.3 Å². The summed E-state index contributed by atoms with van der Waals surface area (Å²) in [6.45, 7) is 7.74. The number of carbonyl (C=O) groups excluding carboxylic acids is 9. The first-order chi connectivity index (χ1) is 57.5. The predicted molar refractivity (Wildman–Crippen MR) is 431 cm³/mol. The summed E-state index contributed by atoms with van der Waals surface area (Å²) >= 11 is 14.4. The van der Waals surface area contributed by atoms with Crippen molar-refractivity contribution in [3.8, 4) is 57.1 Å². The minimum Gasteiger partial charge on any atom is -0.508 e. The van der Waals surface area contributed by atoms with Crippen molar-refractivity contribution < 1.29 is 118 Å². The molecule has 4 unspecified atom stereocenters. The molecule has 18 atom stereocenters. The van der Waals surface area contributed by atoms with Gasteiger partial charge in [-0.2, -0.15) is 0 Å². The average Bonchev–Trinajstić information content (AvgIpc) is 0.761. The number of fused-ring (bicyclic) bond motifs is 15. The van der Waals surface area contributed by atoms with Crippen molar-refractivity contribution in [3.05, 3.63) is 117 Å². The molecule has 16 rings (SSSR count). The third kappa shape index (κ3) is 19.8. The first-order valence-electron chi connectivity index (χ1n) is 41.0. The first-order valence-corrected chi connectivity index (χ1v) is 41.7. The number of hydrogen-bond acceptors (Lipinski definition) is 26. The van der Waals surface area contributed by atoms with Crippen LogP contribution >= 0.6 is 23.2 Å². The van der Waals surface area contributed by atoms with Gasteiger partial charge in [0.05, 0.1) is 41.3 Å². The quantitative estimate of drug-likeness (QED) is 0.0480. The van der Waals surface area contributed by atoms with Crippen LogP contribution in [0.1, 0.15) is 183 Å². The Kier molecular flexibility index (Phi) is 27.6. The molecule has 4 aliphatic carbocycles. The molecule has 5 aromatic rings. The summed E-state index contributed by atoms with van der Waals surface area (Å²) in [5, 5.41) is 129. The van der Waals surface area contributed by atoms with E-state index in [1.165, 1.54) is 38.1 Å². The lowest BCUT2D eigenvalue weighted by molar-refractivity contribution is -0.333. The average molecular weight is 1720 g/mol. The smallest absolute Gasteiger partial charge is 0.321 e. The zero-order valence-electron chi connectivity index (χ0n) is 67.2. The van der Waals surface area contributed by atoms with Crippen molar-refractivity contribution in [1.82, 2.24) is 47.9 Å². The van der Waals surface area contributed by atoms with Crippen molar-refractivity contribution in [1.29, 1.82) is 0 Å². The molecule has 0 spiro atoms. The number of carbonyl (C=O) groups is 9. The number of nitrogens with two attached hydrogens (primary N) is 2. The zero-order chi connectivity index (χ0) is 86.9. The van der Waals surface area contributed by atoms with Gasteiger partial charge >= 0.3 is 6.03 Å². The molecule has 121 heavy (non-hydrogen) atoms. The van der Waals surface area contributed by atoms with Gasteiger partial charge < -0.3 is 128 Å². The molecule has 7 aliphatic heterocycles. The fourth-order valence-electron chi connectivity index (χ4n) is 18.0. The van der Waals surface area contributed by atoms with Crippen LogP contribution < -0.4 is 73.5 Å². The van der Waals surface area contributed by atoms with Crippen LogP contribution in [0.3, 0.4) is 0 Å². The number of phenolic OH excluding ortho intramolecular Hbond substituents is 3. The van der Waals surface area contributed by atoms with E-state index >= 15 is 28.8 Å². The molecule has 15 bridgehead atoms. The van der Waals surface area contributed by atoms with E-state index < -0.39 is 221 Å². The van der Waals surface area contributed by atoms with Crippen LogP contribution in [0, 0.1) is 29.6 Å². The molecule has 5 aromatic carbocycles. The maximum Gasteiger partial charge on any atom is 0.321 e. The number of ether oxygens (including phenoxy) is 6. The molecule has 10 amide bonds. The number of hydrogen-bond donors (Lipinski definition) is 20. The van der Waals surface area contributed by atoms with E-state index in [4.69, 9.17) is 63.1 Å². The number of amides is 10. The zero-order valence-corrected chi connectivity index (χ0v) is 68.7. The second-order valence-corrected chi connectivity index (χ2v) is 34.5. The second kappa shape index (κ2) is 37.5. The molecule has 7 heterocycles. The monoisotopic (exact) mass is 1720 g/mol. The van der Waals surface area contributed by atoms with Crippen molar-refractivity contribution in [3.63, 3.8) is 0 Å². The number of phenols is 3. The molecule has 2 saturated heterocycles. The van der Waals surface area contributed by atoms with Gasteiger partial charge in [-0.25, -0.2) is 4.79 Å². The first kappa shape index (κ1) is 89.0. The fourth-order valence-corrected chi connectivity index (χ4v) is 18.5. The molecule has 654 valence electrons. The lowest BCUT2D eigenvalue weighted by atomic mass is 9.54. The highest BCUT2D eigenvalue weighted by molar-refractivity contribution is 6.32. The molecular formula is C84H105Cl2N11O24. The Bertz CT molecular complexity index is 4720. The van der Waals surface area contributed by atoms with E-state index in [-0.39, 0.29) is 93.1 Å². The molecule has 37 heteroatoms.